The van der Waals surface area contributed by atoms with Gasteiger partial charge in [-0.25, -0.2) is 14.4 Å². The van der Waals surface area contributed by atoms with Crippen LogP contribution in [0, 0.1) is 34.5 Å². The van der Waals surface area contributed by atoms with Crippen molar-refractivity contribution >= 4 is 53.4 Å². The number of hydrogen-bond donors (Lipinski definition) is 3. The highest BCUT2D eigenvalue weighted by Crippen LogP contribution is 2.64. The van der Waals surface area contributed by atoms with Crippen LogP contribution in [0.2, 0.25) is 0 Å². The van der Waals surface area contributed by atoms with E-state index in [9.17, 15) is 39.0 Å². The fraction of sp³-hybridized carbons (Fsp3) is 0.540. The van der Waals surface area contributed by atoms with E-state index in [1.807, 2.05) is 0 Å². The van der Waals surface area contributed by atoms with E-state index in [-0.39, 0.29) is 17.5 Å². The molecule has 19 heteroatoms. The molecule has 2 aromatic rings. The molecule has 13 unspecified atom stereocenters. The molecule has 0 spiro atoms. The summed E-state index contributed by atoms with van der Waals surface area (Å²) in [6, 6.07) is 14.1. The van der Waals surface area contributed by atoms with Gasteiger partial charge in [0, 0.05) is 61.6 Å². The fourth-order valence-corrected chi connectivity index (χ4v) is 10.9. The van der Waals surface area contributed by atoms with Crippen molar-refractivity contribution in [3.8, 4) is 0 Å². The first-order chi connectivity index (χ1) is 32.3. The van der Waals surface area contributed by atoms with Crippen molar-refractivity contribution < 1.29 is 81.8 Å². The fourth-order valence-electron chi connectivity index (χ4n) is 10.9. The minimum Gasteiger partial charge on any atom is -0.459 e. The number of amides is 3. The summed E-state index contributed by atoms with van der Waals surface area (Å²) in [5.41, 5.74) is -6.90. The van der Waals surface area contributed by atoms with Gasteiger partial charge in [0.25, 0.3) is 11.8 Å². The molecule has 370 valence electrons. The maximum absolute atomic E-state index is 15.1. The molecule has 3 N–H and O–H groups in total. The van der Waals surface area contributed by atoms with Gasteiger partial charge in [-0.05, 0) is 45.4 Å². The van der Waals surface area contributed by atoms with E-state index in [2.05, 4.69) is 5.32 Å². The first-order valence-corrected chi connectivity index (χ1v) is 22.9. The zero-order valence-corrected chi connectivity index (χ0v) is 39.6. The number of carbonyl (C=O) groups is 9. The van der Waals surface area contributed by atoms with E-state index in [1.165, 1.54) is 52.0 Å². The van der Waals surface area contributed by atoms with E-state index in [0.29, 0.717) is 0 Å². The lowest BCUT2D eigenvalue weighted by Crippen LogP contribution is -2.78. The topological polar surface area (TPSA) is 265 Å². The highest BCUT2D eigenvalue weighted by atomic mass is 16.7. The zero-order chi connectivity index (χ0) is 50.5. The highest BCUT2D eigenvalue weighted by molar-refractivity contribution is 6.40. The van der Waals surface area contributed by atoms with Crippen molar-refractivity contribution in [3.05, 3.63) is 83.9 Å². The Bertz CT molecular complexity index is 2410. The minimum atomic E-state index is -2.41. The second kappa shape index (κ2) is 18.9. The number of ketones is 2. The average Bonchev–Trinajstić information content (AvgIpc) is 3.60. The van der Waals surface area contributed by atoms with Gasteiger partial charge >= 0.3 is 30.0 Å². The third-order valence-corrected chi connectivity index (χ3v) is 14.5. The number of imide groups is 1. The Kier molecular flexibility index (Phi) is 13.8. The number of ether oxygens (including phenoxy) is 6. The Balaban J connectivity index is 1.32. The van der Waals surface area contributed by atoms with Gasteiger partial charge in [0.2, 0.25) is 24.0 Å². The quantitative estimate of drug-likeness (QED) is 0.119. The SMILES string of the molecule is CC(=O)OC1OC2CC(O)C3(C)C(=O)C(=O)C4C(C)C(OC(=O)C(OC(=O)CCN5C(=O)C=CC5=O)C(NC(=O)OC(C)(C)C)c5ccccc5)CC(O)(C(OC(=O)c5ccccc5)C3C21)C4(C)C. The molecule has 3 amide bonds. The van der Waals surface area contributed by atoms with Crippen LogP contribution in [-0.4, -0.2) is 123 Å². The molecule has 3 aliphatic carbocycles. The molecular weight excluding hydrogens is 901 g/mol. The molecule has 1 saturated heterocycles. The standard InChI is InChI=1S/C50H58N2O17/c1-25-30(65-44(61)40(67-34(57)21-22-52-32(55)19-20-33(52)56)38(27-15-11-9-12-16-27)51-46(62)69-47(3,4)5)24-50(63)42(68-43(60)28-17-13-10-14-18-28)37-35-29(66-45(35)64-26(2)53)23-31(54)49(37,8)41(59)39(58)36(25)48(50,6)7/h9-20,25,29-31,35-38,40,42,45,54,63H,21-24H2,1-8H3,(H,51,62). The van der Waals surface area contributed by atoms with Gasteiger partial charge in [0.15, 0.2) is 0 Å². The Morgan fingerprint density at radius 1 is 0.899 bits per heavy atom. The molecular formula is C50H58N2O17. The number of fused-ring (bicyclic) bond motifs is 5. The second-order valence-electron chi connectivity index (χ2n) is 20.2. The molecule has 13 atom stereocenters. The largest absolute Gasteiger partial charge is 0.459 e. The molecule has 2 bridgehead atoms. The number of esters is 4. The maximum atomic E-state index is 15.1. The molecule has 2 aromatic carbocycles. The lowest BCUT2D eigenvalue weighted by atomic mass is 9.43. The first-order valence-electron chi connectivity index (χ1n) is 22.9. The number of rotatable bonds is 12. The lowest BCUT2D eigenvalue weighted by Gasteiger charge is -2.66. The molecule has 2 aliphatic heterocycles. The number of hydrogen-bond acceptors (Lipinski definition) is 17. The number of carbonyl (C=O) groups excluding carboxylic acids is 9. The van der Waals surface area contributed by atoms with Gasteiger partial charge in [-0.1, -0.05) is 69.3 Å². The van der Waals surface area contributed by atoms with Crippen molar-refractivity contribution in [3.63, 3.8) is 0 Å². The van der Waals surface area contributed by atoms with Crippen LogP contribution in [0.1, 0.15) is 96.6 Å². The van der Waals surface area contributed by atoms with Gasteiger partial charge in [0.05, 0.1) is 35.5 Å². The smallest absolute Gasteiger partial charge is 0.408 e. The third-order valence-electron chi connectivity index (χ3n) is 14.5. The van der Waals surface area contributed by atoms with Crippen LogP contribution in [-0.2, 0) is 62.0 Å². The monoisotopic (exact) mass is 958 g/mol. The van der Waals surface area contributed by atoms with Crippen molar-refractivity contribution in [2.45, 2.75) is 129 Å². The summed E-state index contributed by atoms with van der Waals surface area (Å²) >= 11 is 0. The van der Waals surface area contributed by atoms with E-state index in [0.717, 1.165) is 24.0 Å². The second-order valence-corrected chi connectivity index (χ2v) is 20.2. The number of aliphatic hydroxyl groups excluding tert-OH is 1. The lowest BCUT2D eigenvalue weighted by molar-refractivity contribution is -0.355. The molecule has 7 rings (SSSR count). The van der Waals surface area contributed by atoms with Gasteiger partial charge in [0.1, 0.15) is 29.5 Å². The number of alkyl carbamates (subject to hydrolysis) is 1. The zero-order valence-electron chi connectivity index (χ0n) is 39.6. The van der Waals surface area contributed by atoms with Gasteiger partial charge in [-0.15, -0.1) is 0 Å². The summed E-state index contributed by atoms with van der Waals surface area (Å²) in [6.07, 6.45) is -9.49. The molecule has 4 fully saturated rings. The third kappa shape index (κ3) is 9.43. The number of benzene rings is 2. The molecule has 0 aromatic heterocycles. The molecule has 69 heavy (non-hydrogen) atoms. The Morgan fingerprint density at radius 3 is 2.10 bits per heavy atom. The molecule has 5 aliphatic rings. The summed E-state index contributed by atoms with van der Waals surface area (Å²) in [6.45, 7) is 11.4. The Morgan fingerprint density at radius 2 is 1.51 bits per heavy atom. The van der Waals surface area contributed by atoms with Crippen LogP contribution >= 0.6 is 0 Å². The van der Waals surface area contributed by atoms with Crippen LogP contribution in [0.3, 0.4) is 0 Å². The molecule has 0 radical (unpaired) electrons. The number of nitrogens with one attached hydrogen (secondary N) is 1. The van der Waals surface area contributed by atoms with Gasteiger partial charge in [-0.3, -0.25) is 33.7 Å². The van der Waals surface area contributed by atoms with Crippen LogP contribution in [0.5, 0.6) is 0 Å². The van der Waals surface area contributed by atoms with Crippen LogP contribution in [0.15, 0.2) is 72.8 Å². The van der Waals surface area contributed by atoms with Gasteiger partial charge < -0.3 is 44.0 Å². The normalized spacial score (nSPS) is 32.1. The summed E-state index contributed by atoms with van der Waals surface area (Å²) in [5, 5.41) is 28.2. The van der Waals surface area contributed by atoms with Crippen LogP contribution in [0.25, 0.3) is 0 Å². The molecule has 19 nitrogen and oxygen atoms in total. The summed E-state index contributed by atoms with van der Waals surface area (Å²) in [5.74, 6) is -12.6. The summed E-state index contributed by atoms with van der Waals surface area (Å²) in [7, 11) is 0. The molecule has 3 saturated carbocycles. The Hall–Kier alpha value is -6.31. The van der Waals surface area contributed by atoms with E-state index in [1.54, 1.807) is 57.2 Å². The number of Topliss-reactive ketones (excluding diaryl/α,β-unsaturated/α-hetero) is 2. The number of nitrogens with zero attached hydrogens (tertiary/aromatic N) is 1. The first kappa shape index (κ1) is 50.6. The number of aliphatic hydroxyl groups is 2. The maximum Gasteiger partial charge on any atom is 0.408 e. The van der Waals surface area contributed by atoms with Crippen molar-refractivity contribution in [1.82, 2.24) is 10.2 Å². The van der Waals surface area contributed by atoms with E-state index >= 15 is 14.4 Å². The Labute approximate surface area is 398 Å². The van der Waals surface area contributed by atoms with Crippen LogP contribution in [0.4, 0.5) is 4.79 Å². The predicted octanol–water partition coefficient (Wildman–Crippen LogP) is 3.47. The minimum absolute atomic E-state index is 0.0481. The van der Waals surface area contributed by atoms with E-state index < -0.39 is 161 Å². The van der Waals surface area contributed by atoms with Crippen molar-refractivity contribution in [2.75, 3.05) is 6.54 Å². The van der Waals surface area contributed by atoms with Gasteiger partial charge in [-0.2, -0.15) is 0 Å². The predicted molar refractivity (Wildman–Crippen MR) is 237 cm³/mol. The average molecular weight is 959 g/mol. The van der Waals surface area contributed by atoms with E-state index in [4.69, 9.17) is 28.4 Å². The van der Waals surface area contributed by atoms with Crippen molar-refractivity contribution in [1.29, 1.82) is 0 Å². The van der Waals surface area contributed by atoms with Crippen molar-refractivity contribution in [2.24, 2.45) is 34.5 Å². The summed E-state index contributed by atoms with van der Waals surface area (Å²) in [4.78, 5) is 124. The summed E-state index contributed by atoms with van der Waals surface area (Å²) < 4.78 is 35.4. The highest BCUT2D eigenvalue weighted by Gasteiger charge is 2.76. The van der Waals surface area contributed by atoms with Crippen LogP contribution < -0.4 is 5.32 Å². The molecule has 2 heterocycles.